The van der Waals surface area contributed by atoms with Gasteiger partial charge in [-0.2, -0.15) is 0 Å². The fourth-order valence-electron chi connectivity index (χ4n) is 3.04. The molecule has 3 atom stereocenters. The van der Waals surface area contributed by atoms with Gasteiger partial charge in [-0.1, -0.05) is 30.3 Å². The highest BCUT2D eigenvalue weighted by Gasteiger charge is 2.50. The summed E-state index contributed by atoms with van der Waals surface area (Å²) < 4.78 is 5.74. The van der Waals surface area contributed by atoms with Gasteiger partial charge in [-0.3, -0.25) is 9.59 Å². The number of carbonyl (C=O) groups is 2. The number of aliphatic carboxylic acids is 1. The molecule has 0 aromatic heterocycles. The number of carbonyl (C=O) groups excluding carboxylic acids is 1. The van der Waals surface area contributed by atoms with Crippen LogP contribution >= 0.6 is 0 Å². The second kappa shape index (κ2) is 6.48. The first-order chi connectivity index (χ1) is 10.6. The molecule has 0 radical (unpaired) electrons. The number of morpholine rings is 1. The smallest absolute Gasteiger partial charge is 0.307 e. The monoisotopic (exact) mass is 303 g/mol. The maximum atomic E-state index is 12.3. The van der Waals surface area contributed by atoms with Crippen molar-refractivity contribution in [3.05, 3.63) is 35.9 Å². The average molecular weight is 303 g/mol. The van der Waals surface area contributed by atoms with Crippen molar-refractivity contribution in [2.24, 2.45) is 11.8 Å². The Kier molecular flexibility index (Phi) is 4.43. The summed E-state index contributed by atoms with van der Waals surface area (Å²) >= 11 is 0. The van der Waals surface area contributed by atoms with Crippen LogP contribution < -0.4 is 0 Å². The van der Waals surface area contributed by atoms with Crippen molar-refractivity contribution >= 4 is 11.9 Å². The second-order valence-electron chi connectivity index (χ2n) is 6.09. The first kappa shape index (κ1) is 15.0. The first-order valence-electron chi connectivity index (χ1n) is 7.82. The van der Waals surface area contributed by atoms with E-state index in [1.54, 1.807) is 4.90 Å². The van der Waals surface area contributed by atoms with Crippen LogP contribution in [0.15, 0.2) is 30.3 Å². The minimum absolute atomic E-state index is 0.0135. The van der Waals surface area contributed by atoms with E-state index in [-0.39, 0.29) is 17.9 Å². The third-order valence-electron chi connectivity index (χ3n) is 4.47. The summed E-state index contributed by atoms with van der Waals surface area (Å²) in [5.41, 5.74) is 1.27. The van der Waals surface area contributed by atoms with Gasteiger partial charge >= 0.3 is 5.97 Å². The van der Waals surface area contributed by atoms with E-state index in [9.17, 15) is 9.59 Å². The molecule has 2 aliphatic rings. The van der Waals surface area contributed by atoms with Crippen LogP contribution in [0.2, 0.25) is 0 Å². The van der Waals surface area contributed by atoms with Crippen LogP contribution in [0.3, 0.4) is 0 Å². The zero-order valence-corrected chi connectivity index (χ0v) is 12.5. The van der Waals surface area contributed by atoms with Gasteiger partial charge in [0.2, 0.25) is 5.91 Å². The molecule has 22 heavy (non-hydrogen) atoms. The quantitative estimate of drug-likeness (QED) is 0.896. The van der Waals surface area contributed by atoms with Crippen LogP contribution in [0.25, 0.3) is 0 Å². The molecule has 3 rings (SSSR count). The van der Waals surface area contributed by atoms with E-state index in [2.05, 4.69) is 12.1 Å². The van der Waals surface area contributed by atoms with Crippen molar-refractivity contribution in [1.82, 2.24) is 4.90 Å². The fourth-order valence-corrected chi connectivity index (χ4v) is 3.04. The zero-order chi connectivity index (χ0) is 15.5. The van der Waals surface area contributed by atoms with Crippen LogP contribution in [0, 0.1) is 11.8 Å². The number of amides is 1. The average Bonchev–Trinajstić information content (AvgIpc) is 3.34. The van der Waals surface area contributed by atoms with E-state index in [0.29, 0.717) is 26.1 Å². The largest absolute Gasteiger partial charge is 0.481 e. The minimum atomic E-state index is -0.854. The Hall–Kier alpha value is -1.88. The Labute approximate surface area is 129 Å². The maximum absolute atomic E-state index is 12.3. The molecule has 5 nitrogen and oxygen atoms in total. The van der Waals surface area contributed by atoms with Crippen molar-refractivity contribution in [1.29, 1.82) is 0 Å². The molecule has 118 valence electrons. The number of rotatable bonds is 5. The van der Waals surface area contributed by atoms with Gasteiger partial charge in [0.25, 0.3) is 0 Å². The van der Waals surface area contributed by atoms with E-state index in [0.717, 1.165) is 12.8 Å². The molecule has 1 saturated heterocycles. The summed E-state index contributed by atoms with van der Waals surface area (Å²) in [5.74, 6) is -1.66. The van der Waals surface area contributed by atoms with Gasteiger partial charge in [0.05, 0.1) is 24.5 Å². The van der Waals surface area contributed by atoms with Gasteiger partial charge < -0.3 is 14.7 Å². The summed E-state index contributed by atoms with van der Waals surface area (Å²) in [6.07, 6.45) is 2.33. The molecule has 1 heterocycles. The summed E-state index contributed by atoms with van der Waals surface area (Å²) in [6.45, 7) is 1.69. The van der Waals surface area contributed by atoms with Gasteiger partial charge in [-0.25, -0.2) is 0 Å². The zero-order valence-electron chi connectivity index (χ0n) is 12.5. The van der Waals surface area contributed by atoms with Gasteiger partial charge in [0.1, 0.15) is 0 Å². The molecule has 1 aliphatic carbocycles. The highest BCUT2D eigenvalue weighted by atomic mass is 16.5. The Morgan fingerprint density at radius 1 is 1.23 bits per heavy atom. The number of ether oxygens (including phenoxy) is 1. The van der Waals surface area contributed by atoms with E-state index in [4.69, 9.17) is 9.84 Å². The number of hydrogen-bond donors (Lipinski definition) is 1. The number of benzene rings is 1. The number of carboxylic acids is 1. The van der Waals surface area contributed by atoms with Crippen molar-refractivity contribution < 1.29 is 19.4 Å². The van der Waals surface area contributed by atoms with Crippen molar-refractivity contribution in [3.8, 4) is 0 Å². The molecule has 0 bridgehead atoms. The molecule has 1 aliphatic heterocycles. The maximum Gasteiger partial charge on any atom is 0.307 e. The van der Waals surface area contributed by atoms with E-state index in [1.807, 2.05) is 18.2 Å². The second-order valence-corrected chi connectivity index (χ2v) is 6.09. The molecule has 1 N–H and O–H groups in total. The first-order valence-corrected chi connectivity index (χ1v) is 7.82. The molecule has 3 unspecified atom stereocenters. The molecule has 1 saturated carbocycles. The van der Waals surface area contributed by atoms with Crippen molar-refractivity contribution in [2.45, 2.75) is 25.4 Å². The van der Waals surface area contributed by atoms with Crippen molar-refractivity contribution in [2.75, 3.05) is 19.7 Å². The molecule has 1 amide bonds. The lowest BCUT2D eigenvalue weighted by atomic mass is 10.1. The standard InChI is InChI=1S/C17H21NO4/c19-16(14-10-15(14)17(20)21)18-8-9-22-13(11-18)7-6-12-4-2-1-3-5-12/h1-5,13-15H,6-11H2,(H,20,21). The van der Waals surface area contributed by atoms with E-state index >= 15 is 0 Å². The molecule has 5 heteroatoms. The summed E-state index contributed by atoms with van der Waals surface area (Å²) in [4.78, 5) is 25.0. The van der Waals surface area contributed by atoms with Gasteiger partial charge in [0.15, 0.2) is 0 Å². The van der Waals surface area contributed by atoms with Crippen LogP contribution in [0.5, 0.6) is 0 Å². The van der Waals surface area contributed by atoms with E-state index < -0.39 is 11.9 Å². The van der Waals surface area contributed by atoms with Gasteiger partial charge in [-0.05, 0) is 24.8 Å². The fraction of sp³-hybridized carbons (Fsp3) is 0.529. The lowest BCUT2D eigenvalue weighted by Crippen LogP contribution is -2.46. The third kappa shape index (κ3) is 3.47. The summed E-state index contributed by atoms with van der Waals surface area (Å²) in [6, 6.07) is 10.2. The number of aryl methyl sites for hydroxylation is 1. The molecule has 0 spiro atoms. The molecule has 2 fully saturated rings. The third-order valence-corrected chi connectivity index (χ3v) is 4.47. The number of hydrogen-bond acceptors (Lipinski definition) is 3. The number of carboxylic acid groups (broad SMARTS) is 1. The molecular weight excluding hydrogens is 282 g/mol. The topological polar surface area (TPSA) is 66.8 Å². The molecule has 1 aromatic carbocycles. The predicted octanol–water partition coefficient (Wildman–Crippen LogP) is 1.57. The van der Waals surface area contributed by atoms with Crippen LogP contribution in [0.1, 0.15) is 18.4 Å². The lowest BCUT2D eigenvalue weighted by molar-refractivity contribution is -0.145. The van der Waals surface area contributed by atoms with Gasteiger partial charge in [0, 0.05) is 13.1 Å². The summed E-state index contributed by atoms with van der Waals surface area (Å²) in [5, 5.41) is 8.94. The molecule has 1 aromatic rings. The number of nitrogens with zero attached hydrogens (tertiary/aromatic N) is 1. The summed E-state index contributed by atoms with van der Waals surface area (Å²) in [7, 11) is 0. The van der Waals surface area contributed by atoms with Crippen molar-refractivity contribution in [3.63, 3.8) is 0 Å². The minimum Gasteiger partial charge on any atom is -0.481 e. The lowest BCUT2D eigenvalue weighted by Gasteiger charge is -2.33. The highest BCUT2D eigenvalue weighted by Crippen LogP contribution is 2.40. The Morgan fingerprint density at radius 3 is 2.68 bits per heavy atom. The normalized spacial score (nSPS) is 27.5. The van der Waals surface area contributed by atoms with Crippen LogP contribution in [0.4, 0.5) is 0 Å². The van der Waals surface area contributed by atoms with Crippen LogP contribution in [-0.4, -0.2) is 47.7 Å². The SMILES string of the molecule is O=C(O)C1CC1C(=O)N1CCOC(CCc2ccccc2)C1. The van der Waals surface area contributed by atoms with Crippen LogP contribution in [-0.2, 0) is 20.7 Å². The van der Waals surface area contributed by atoms with Gasteiger partial charge in [-0.15, -0.1) is 0 Å². The Bertz CT molecular complexity index is 545. The predicted molar refractivity (Wildman–Crippen MR) is 80.3 cm³/mol. The molecular formula is C17H21NO4. The Morgan fingerprint density at radius 2 is 2.00 bits per heavy atom. The highest BCUT2D eigenvalue weighted by molar-refractivity contribution is 5.89. The Balaban J connectivity index is 1.49. The van der Waals surface area contributed by atoms with E-state index in [1.165, 1.54) is 5.56 Å².